The van der Waals surface area contributed by atoms with Gasteiger partial charge in [-0.1, -0.05) is 6.92 Å². The topological polar surface area (TPSA) is 52.6 Å². The summed E-state index contributed by atoms with van der Waals surface area (Å²) in [5, 5.41) is 12.2. The van der Waals surface area contributed by atoms with Crippen molar-refractivity contribution in [3.05, 3.63) is 0 Å². The lowest BCUT2D eigenvalue weighted by atomic mass is 9.93. The van der Waals surface area contributed by atoms with E-state index in [1.54, 1.807) is 0 Å². The minimum absolute atomic E-state index is 0.214. The van der Waals surface area contributed by atoms with E-state index in [1.807, 2.05) is 0 Å². The van der Waals surface area contributed by atoms with Gasteiger partial charge in [-0.05, 0) is 31.3 Å². The van der Waals surface area contributed by atoms with E-state index in [1.165, 1.54) is 0 Å². The maximum absolute atomic E-state index is 10.7. The van der Waals surface area contributed by atoms with Crippen molar-refractivity contribution >= 4 is 5.97 Å². The molecule has 2 N–H and O–H groups in total. The molecule has 0 aromatic heterocycles. The van der Waals surface area contributed by atoms with Crippen LogP contribution < -0.4 is 5.32 Å². The molecule has 3 atom stereocenters. The molecular formula is C10H18N2O2. The van der Waals surface area contributed by atoms with Crippen molar-refractivity contribution in [3.63, 3.8) is 0 Å². The third-order valence-electron chi connectivity index (χ3n) is 3.58. The van der Waals surface area contributed by atoms with Crippen LogP contribution in [0.2, 0.25) is 0 Å². The first kappa shape index (κ1) is 9.93. The highest BCUT2D eigenvalue weighted by atomic mass is 16.4. The number of carboxylic acid groups (broad SMARTS) is 1. The molecule has 2 saturated heterocycles. The van der Waals surface area contributed by atoms with E-state index < -0.39 is 5.97 Å². The molecule has 0 spiro atoms. The Balaban J connectivity index is 2.02. The van der Waals surface area contributed by atoms with Crippen LogP contribution in [0.25, 0.3) is 0 Å². The summed E-state index contributed by atoms with van der Waals surface area (Å²) in [5.74, 6) is 0.662. The van der Waals surface area contributed by atoms with Gasteiger partial charge in [0.2, 0.25) is 0 Å². The molecule has 0 aromatic rings. The van der Waals surface area contributed by atoms with Crippen molar-refractivity contribution in [2.45, 2.75) is 19.4 Å². The molecule has 2 fully saturated rings. The summed E-state index contributed by atoms with van der Waals surface area (Å²) in [6.45, 7) is 5.46. The van der Waals surface area contributed by atoms with E-state index in [0.717, 1.165) is 26.1 Å². The van der Waals surface area contributed by atoms with E-state index in [0.29, 0.717) is 17.9 Å². The number of carbonyl (C=O) groups is 1. The predicted octanol–water partition coefficient (Wildman–Crippen LogP) is 0.000800. The SMILES string of the molecule is CCC1C2CNCC2CN1CC(=O)O. The fourth-order valence-electron chi connectivity index (χ4n) is 3.03. The third-order valence-corrected chi connectivity index (χ3v) is 3.58. The van der Waals surface area contributed by atoms with Gasteiger partial charge in [-0.2, -0.15) is 0 Å². The fourth-order valence-corrected chi connectivity index (χ4v) is 3.03. The van der Waals surface area contributed by atoms with Gasteiger partial charge in [0.25, 0.3) is 0 Å². The van der Waals surface area contributed by atoms with Crippen LogP contribution in [0.3, 0.4) is 0 Å². The van der Waals surface area contributed by atoms with Crippen molar-refractivity contribution in [2.75, 3.05) is 26.2 Å². The number of carboxylic acids is 1. The molecule has 2 rings (SSSR count). The average molecular weight is 198 g/mol. The molecule has 2 heterocycles. The molecule has 0 aromatic carbocycles. The molecule has 0 saturated carbocycles. The number of hydrogen-bond donors (Lipinski definition) is 2. The maximum atomic E-state index is 10.7. The molecule has 0 bridgehead atoms. The fraction of sp³-hybridized carbons (Fsp3) is 0.900. The van der Waals surface area contributed by atoms with Crippen LogP contribution in [0, 0.1) is 11.8 Å². The van der Waals surface area contributed by atoms with Gasteiger partial charge in [-0.3, -0.25) is 9.69 Å². The Hall–Kier alpha value is -0.610. The molecule has 4 heteroatoms. The van der Waals surface area contributed by atoms with Crippen LogP contribution in [-0.2, 0) is 4.79 Å². The van der Waals surface area contributed by atoms with Crippen LogP contribution in [0.1, 0.15) is 13.3 Å². The summed E-state index contributed by atoms with van der Waals surface area (Å²) in [4.78, 5) is 12.8. The summed E-state index contributed by atoms with van der Waals surface area (Å²) < 4.78 is 0. The van der Waals surface area contributed by atoms with Crippen molar-refractivity contribution < 1.29 is 9.90 Å². The van der Waals surface area contributed by atoms with Gasteiger partial charge in [0.15, 0.2) is 0 Å². The first-order valence-corrected chi connectivity index (χ1v) is 5.39. The third kappa shape index (κ3) is 1.64. The number of fused-ring (bicyclic) bond motifs is 1. The minimum atomic E-state index is -0.698. The smallest absolute Gasteiger partial charge is 0.317 e. The summed E-state index contributed by atoms with van der Waals surface area (Å²) in [6, 6.07) is 0.478. The lowest BCUT2D eigenvalue weighted by Crippen LogP contribution is -2.38. The monoisotopic (exact) mass is 198 g/mol. The van der Waals surface area contributed by atoms with Crippen molar-refractivity contribution in [1.29, 1.82) is 0 Å². The lowest BCUT2D eigenvalue weighted by Gasteiger charge is -2.24. The number of aliphatic carboxylic acids is 1. The van der Waals surface area contributed by atoms with Gasteiger partial charge < -0.3 is 10.4 Å². The number of nitrogens with one attached hydrogen (secondary N) is 1. The zero-order chi connectivity index (χ0) is 10.1. The van der Waals surface area contributed by atoms with Crippen LogP contribution in [-0.4, -0.2) is 48.2 Å². The second kappa shape index (κ2) is 3.87. The molecule has 14 heavy (non-hydrogen) atoms. The molecule has 2 aliphatic heterocycles. The van der Waals surface area contributed by atoms with Crippen LogP contribution >= 0.6 is 0 Å². The van der Waals surface area contributed by atoms with E-state index in [2.05, 4.69) is 17.1 Å². The molecule has 80 valence electrons. The highest BCUT2D eigenvalue weighted by Gasteiger charge is 2.43. The standard InChI is InChI=1S/C10H18N2O2/c1-2-9-8-4-11-3-7(8)5-12(9)6-10(13)14/h7-9,11H,2-6H2,1H3,(H,13,14). The highest BCUT2D eigenvalue weighted by molar-refractivity contribution is 5.69. The number of hydrogen-bond acceptors (Lipinski definition) is 3. The van der Waals surface area contributed by atoms with E-state index in [-0.39, 0.29) is 6.54 Å². The second-order valence-electron chi connectivity index (χ2n) is 4.38. The zero-order valence-corrected chi connectivity index (χ0v) is 8.57. The summed E-state index contributed by atoms with van der Waals surface area (Å²) in [7, 11) is 0. The van der Waals surface area contributed by atoms with E-state index >= 15 is 0 Å². The molecule has 4 nitrogen and oxygen atoms in total. The van der Waals surface area contributed by atoms with Gasteiger partial charge in [0.1, 0.15) is 0 Å². The highest BCUT2D eigenvalue weighted by Crippen LogP contribution is 2.33. The van der Waals surface area contributed by atoms with Crippen LogP contribution in [0.4, 0.5) is 0 Å². The first-order chi connectivity index (χ1) is 6.72. The largest absolute Gasteiger partial charge is 0.480 e. The van der Waals surface area contributed by atoms with Crippen molar-refractivity contribution in [2.24, 2.45) is 11.8 Å². The summed E-state index contributed by atoms with van der Waals surface area (Å²) >= 11 is 0. The predicted molar refractivity (Wildman–Crippen MR) is 53.1 cm³/mol. The Morgan fingerprint density at radius 2 is 2.36 bits per heavy atom. The lowest BCUT2D eigenvalue weighted by molar-refractivity contribution is -0.138. The molecule has 0 aliphatic carbocycles. The van der Waals surface area contributed by atoms with Crippen molar-refractivity contribution in [3.8, 4) is 0 Å². The van der Waals surface area contributed by atoms with Crippen LogP contribution in [0.5, 0.6) is 0 Å². The Morgan fingerprint density at radius 3 is 3.00 bits per heavy atom. The van der Waals surface area contributed by atoms with E-state index in [9.17, 15) is 4.79 Å². The van der Waals surface area contributed by atoms with Gasteiger partial charge in [-0.25, -0.2) is 0 Å². The van der Waals surface area contributed by atoms with Gasteiger partial charge in [-0.15, -0.1) is 0 Å². The zero-order valence-electron chi connectivity index (χ0n) is 8.57. The normalized spacial score (nSPS) is 37.4. The number of nitrogens with zero attached hydrogens (tertiary/aromatic N) is 1. The average Bonchev–Trinajstić information content (AvgIpc) is 2.62. The maximum Gasteiger partial charge on any atom is 0.317 e. The molecule has 2 aliphatic rings. The summed E-state index contributed by atoms with van der Waals surface area (Å²) in [6.07, 6.45) is 1.07. The van der Waals surface area contributed by atoms with Gasteiger partial charge in [0, 0.05) is 12.6 Å². The molecule has 0 amide bonds. The van der Waals surface area contributed by atoms with Crippen molar-refractivity contribution in [1.82, 2.24) is 10.2 Å². The van der Waals surface area contributed by atoms with Gasteiger partial charge >= 0.3 is 5.97 Å². The Bertz CT molecular complexity index is 232. The van der Waals surface area contributed by atoms with Gasteiger partial charge in [0.05, 0.1) is 6.54 Å². The first-order valence-electron chi connectivity index (χ1n) is 5.39. The summed E-state index contributed by atoms with van der Waals surface area (Å²) in [5.41, 5.74) is 0. The minimum Gasteiger partial charge on any atom is -0.480 e. The van der Waals surface area contributed by atoms with Crippen LogP contribution in [0.15, 0.2) is 0 Å². The molecule has 3 unspecified atom stereocenters. The quantitative estimate of drug-likeness (QED) is 0.670. The Kier molecular flexibility index (Phi) is 2.74. The second-order valence-corrected chi connectivity index (χ2v) is 4.38. The molecular weight excluding hydrogens is 180 g/mol. The Morgan fingerprint density at radius 1 is 1.57 bits per heavy atom. The number of rotatable bonds is 3. The molecule has 0 radical (unpaired) electrons. The number of likely N-dealkylation sites (tertiary alicyclic amines) is 1. The van der Waals surface area contributed by atoms with E-state index in [4.69, 9.17) is 5.11 Å². The Labute approximate surface area is 84.3 Å².